The van der Waals surface area contributed by atoms with Crippen LogP contribution in [0.25, 0.3) is 16.9 Å². The molecule has 0 saturated carbocycles. The number of rotatable bonds is 4. The first-order valence-corrected chi connectivity index (χ1v) is 9.00. The van der Waals surface area contributed by atoms with Gasteiger partial charge in [-0.3, -0.25) is 14.2 Å². The maximum absolute atomic E-state index is 13.4. The van der Waals surface area contributed by atoms with E-state index < -0.39 is 11.7 Å². The molecule has 1 amide bonds. The molecule has 0 bridgehead atoms. The Morgan fingerprint density at radius 3 is 2.59 bits per heavy atom. The van der Waals surface area contributed by atoms with Crippen molar-refractivity contribution in [3.63, 3.8) is 0 Å². The van der Waals surface area contributed by atoms with Gasteiger partial charge in [0.05, 0.1) is 12.0 Å². The maximum atomic E-state index is 13.4. The number of nitrogens with two attached hydrogens (primary N) is 1. The summed E-state index contributed by atoms with van der Waals surface area (Å²) in [5.41, 5.74) is 6.99. The van der Waals surface area contributed by atoms with Gasteiger partial charge in [0.25, 0.3) is 5.56 Å². The zero-order valence-electron chi connectivity index (χ0n) is 15.3. The van der Waals surface area contributed by atoms with Crippen molar-refractivity contribution in [2.45, 2.75) is 6.42 Å². The fourth-order valence-corrected chi connectivity index (χ4v) is 3.33. The number of benzene rings is 2. The number of fused-ring (bicyclic) bond motifs is 1. The normalized spacial score (nSPS) is 11.1. The Kier molecular flexibility index (Phi) is 4.63. The van der Waals surface area contributed by atoms with Gasteiger partial charge >= 0.3 is 0 Å². The Morgan fingerprint density at radius 1 is 1.21 bits per heavy atom. The Hall–Kier alpha value is -3.52. The quantitative estimate of drug-likeness (QED) is 0.558. The van der Waals surface area contributed by atoms with Gasteiger partial charge in [-0.25, -0.2) is 14.4 Å². The second-order valence-corrected chi connectivity index (χ2v) is 6.93. The Labute approximate surface area is 169 Å². The molecule has 4 rings (SSSR count). The highest BCUT2D eigenvalue weighted by atomic mass is 35.5. The van der Waals surface area contributed by atoms with E-state index in [1.165, 1.54) is 35.2 Å². The number of nitrogens with zero attached hydrogens (tertiary/aromatic N) is 4. The molecular formula is C20H15ClFN5O2. The summed E-state index contributed by atoms with van der Waals surface area (Å²) in [4.78, 5) is 33.3. The molecule has 7 nitrogen and oxygen atoms in total. The molecule has 9 heteroatoms. The van der Waals surface area contributed by atoms with Crippen LogP contribution in [0.4, 0.5) is 4.39 Å². The first kappa shape index (κ1) is 18.8. The van der Waals surface area contributed by atoms with Crippen molar-refractivity contribution in [2.75, 3.05) is 0 Å². The lowest BCUT2D eigenvalue weighted by molar-refractivity contribution is 0.100. The molecule has 2 aromatic carbocycles. The summed E-state index contributed by atoms with van der Waals surface area (Å²) in [6, 6.07) is 10.3. The SMILES string of the molecule is Cn1cnc2c(=O)n(-c3ccc(C(N)=O)cc3)c(Cc3ccc(F)cc3Cl)nc21. The van der Waals surface area contributed by atoms with Gasteiger partial charge < -0.3 is 10.3 Å². The number of hydrogen-bond acceptors (Lipinski definition) is 4. The number of primary amides is 1. The molecule has 2 aromatic heterocycles. The molecule has 146 valence electrons. The zero-order chi connectivity index (χ0) is 20.7. The highest BCUT2D eigenvalue weighted by molar-refractivity contribution is 6.31. The maximum Gasteiger partial charge on any atom is 0.286 e. The van der Waals surface area contributed by atoms with Crippen LogP contribution in [0.1, 0.15) is 21.7 Å². The molecule has 0 aliphatic carbocycles. The Morgan fingerprint density at radius 2 is 1.93 bits per heavy atom. The van der Waals surface area contributed by atoms with E-state index in [-0.39, 0.29) is 22.5 Å². The van der Waals surface area contributed by atoms with Crippen LogP contribution in [0.2, 0.25) is 5.02 Å². The molecule has 0 aliphatic rings. The van der Waals surface area contributed by atoms with Gasteiger partial charge in [-0.2, -0.15) is 0 Å². The smallest absolute Gasteiger partial charge is 0.286 e. The summed E-state index contributed by atoms with van der Waals surface area (Å²) < 4.78 is 16.5. The van der Waals surface area contributed by atoms with Crippen molar-refractivity contribution in [2.24, 2.45) is 12.8 Å². The minimum atomic E-state index is -0.569. The number of carbonyl (C=O) groups excluding carboxylic acids is 1. The Balaban J connectivity index is 1.93. The van der Waals surface area contributed by atoms with Gasteiger partial charge in [0.2, 0.25) is 5.91 Å². The summed E-state index contributed by atoms with van der Waals surface area (Å²) in [7, 11) is 1.74. The number of hydrogen-bond donors (Lipinski definition) is 1. The van der Waals surface area contributed by atoms with Crippen LogP contribution >= 0.6 is 11.6 Å². The molecule has 0 fully saturated rings. The first-order chi connectivity index (χ1) is 13.8. The second kappa shape index (κ2) is 7.14. The van der Waals surface area contributed by atoms with Crippen LogP contribution in [-0.4, -0.2) is 25.0 Å². The van der Waals surface area contributed by atoms with E-state index >= 15 is 0 Å². The minimum Gasteiger partial charge on any atom is -0.366 e. The van der Waals surface area contributed by atoms with E-state index in [0.717, 1.165) is 0 Å². The van der Waals surface area contributed by atoms with Crippen LogP contribution in [0.15, 0.2) is 53.6 Å². The predicted molar refractivity (Wildman–Crippen MR) is 107 cm³/mol. The van der Waals surface area contributed by atoms with Crippen molar-refractivity contribution < 1.29 is 9.18 Å². The molecule has 0 saturated heterocycles. The van der Waals surface area contributed by atoms with Gasteiger partial charge in [-0.05, 0) is 42.0 Å². The van der Waals surface area contributed by atoms with Crippen LogP contribution < -0.4 is 11.3 Å². The number of amides is 1. The lowest BCUT2D eigenvalue weighted by atomic mass is 10.1. The molecule has 0 aliphatic heterocycles. The lowest BCUT2D eigenvalue weighted by Gasteiger charge is -2.14. The van der Waals surface area contributed by atoms with Crippen molar-refractivity contribution in [1.82, 2.24) is 19.1 Å². The van der Waals surface area contributed by atoms with Crippen LogP contribution in [0.3, 0.4) is 0 Å². The number of carbonyl (C=O) groups is 1. The summed E-state index contributed by atoms with van der Waals surface area (Å²) in [6.45, 7) is 0. The third kappa shape index (κ3) is 3.38. The van der Waals surface area contributed by atoms with Gasteiger partial charge in [0, 0.05) is 24.1 Å². The van der Waals surface area contributed by atoms with Gasteiger partial charge in [0.1, 0.15) is 11.6 Å². The highest BCUT2D eigenvalue weighted by Gasteiger charge is 2.17. The molecule has 4 aromatic rings. The number of halogens is 2. The largest absolute Gasteiger partial charge is 0.366 e. The molecule has 0 atom stereocenters. The second-order valence-electron chi connectivity index (χ2n) is 6.52. The molecule has 29 heavy (non-hydrogen) atoms. The summed E-state index contributed by atoms with van der Waals surface area (Å²) in [6.07, 6.45) is 1.70. The highest BCUT2D eigenvalue weighted by Crippen LogP contribution is 2.22. The summed E-state index contributed by atoms with van der Waals surface area (Å²) in [5.74, 6) is -0.625. The number of aromatic nitrogens is 4. The fraction of sp³-hybridized carbons (Fsp3) is 0.100. The third-order valence-corrected chi connectivity index (χ3v) is 4.93. The number of aryl methyl sites for hydroxylation is 1. The Bertz CT molecular complexity index is 1310. The van der Waals surface area contributed by atoms with E-state index in [1.54, 1.807) is 29.8 Å². The zero-order valence-corrected chi connectivity index (χ0v) is 16.0. The molecular weight excluding hydrogens is 397 g/mol. The van der Waals surface area contributed by atoms with Crippen LogP contribution in [0.5, 0.6) is 0 Å². The molecule has 0 unspecified atom stereocenters. The lowest BCUT2D eigenvalue weighted by Crippen LogP contribution is -2.25. The van der Waals surface area contributed by atoms with Crippen molar-refractivity contribution in [3.05, 3.63) is 86.9 Å². The van der Waals surface area contributed by atoms with E-state index in [2.05, 4.69) is 9.97 Å². The van der Waals surface area contributed by atoms with E-state index in [1.807, 2.05) is 0 Å². The third-order valence-electron chi connectivity index (χ3n) is 4.58. The summed E-state index contributed by atoms with van der Waals surface area (Å²) in [5, 5.41) is 0.236. The van der Waals surface area contributed by atoms with Gasteiger partial charge in [0.15, 0.2) is 11.2 Å². The summed E-state index contributed by atoms with van der Waals surface area (Å²) >= 11 is 6.18. The molecule has 2 heterocycles. The monoisotopic (exact) mass is 411 g/mol. The topological polar surface area (TPSA) is 95.8 Å². The van der Waals surface area contributed by atoms with E-state index in [0.29, 0.717) is 28.3 Å². The van der Waals surface area contributed by atoms with Crippen LogP contribution in [-0.2, 0) is 13.5 Å². The van der Waals surface area contributed by atoms with Crippen LogP contribution in [0, 0.1) is 5.82 Å². The molecule has 2 N–H and O–H groups in total. The average Bonchev–Trinajstić information content (AvgIpc) is 3.05. The predicted octanol–water partition coefficient (Wildman–Crippen LogP) is 2.60. The average molecular weight is 412 g/mol. The van der Waals surface area contributed by atoms with Crippen molar-refractivity contribution in [3.8, 4) is 5.69 Å². The van der Waals surface area contributed by atoms with Gasteiger partial charge in [-0.1, -0.05) is 17.7 Å². The van der Waals surface area contributed by atoms with Crippen molar-refractivity contribution >= 4 is 28.7 Å². The molecule has 0 spiro atoms. The first-order valence-electron chi connectivity index (χ1n) is 8.62. The standard InChI is InChI=1S/C20H15ClFN5O2/c1-26-10-24-17-19(26)25-16(8-12-2-5-13(22)9-15(12)21)27(20(17)29)14-6-3-11(4-7-14)18(23)28/h2-7,9-10H,8H2,1H3,(H2,23,28). The fourth-order valence-electron chi connectivity index (χ4n) is 3.10. The number of imidazole rings is 1. The van der Waals surface area contributed by atoms with E-state index in [9.17, 15) is 14.0 Å². The van der Waals surface area contributed by atoms with Crippen molar-refractivity contribution in [1.29, 1.82) is 0 Å². The van der Waals surface area contributed by atoms with E-state index in [4.69, 9.17) is 17.3 Å². The molecule has 0 radical (unpaired) electrons. The minimum absolute atomic E-state index is 0.188. The van der Waals surface area contributed by atoms with Gasteiger partial charge in [-0.15, -0.1) is 0 Å².